The molecule has 0 bridgehead atoms. The molecule has 3 N–H and O–H groups in total. The van der Waals surface area contributed by atoms with Gasteiger partial charge in [-0.1, -0.05) is 81.4 Å². The van der Waals surface area contributed by atoms with Crippen LogP contribution in [0.15, 0.2) is 60.7 Å². The molecule has 2 aromatic rings. The topological polar surface area (TPSA) is 99.8 Å². The van der Waals surface area contributed by atoms with E-state index >= 15 is 0 Å². The number of carbonyl (C=O) groups excluding carboxylic acids is 3. The van der Waals surface area contributed by atoms with Crippen molar-refractivity contribution in [1.29, 1.82) is 0 Å². The predicted molar refractivity (Wildman–Crippen MR) is 153 cm³/mol. The summed E-state index contributed by atoms with van der Waals surface area (Å²) in [7, 11) is 0. The van der Waals surface area contributed by atoms with Gasteiger partial charge in [0, 0.05) is 12.3 Å². The first kappa shape index (κ1) is 29.9. The van der Waals surface area contributed by atoms with Crippen molar-refractivity contribution < 1.29 is 19.1 Å². The van der Waals surface area contributed by atoms with Crippen LogP contribution in [-0.4, -0.2) is 59.6 Å². The SMILES string of the molecule is CCSCN[C@@H](Cc1ccccc1)C(=O)N[C@@H](Cc1ccccc1)C(=O)NC(CC(C)C)C(=O)[C@@]1(C)CO1. The van der Waals surface area contributed by atoms with Crippen molar-refractivity contribution in [3.05, 3.63) is 71.8 Å². The monoisotopic (exact) mass is 539 g/mol. The van der Waals surface area contributed by atoms with Gasteiger partial charge in [0.15, 0.2) is 5.78 Å². The quantitative estimate of drug-likeness (QED) is 0.172. The van der Waals surface area contributed by atoms with Gasteiger partial charge in [0.1, 0.15) is 11.6 Å². The number of rotatable bonds is 16. The van der Waals surface area contributed by atoms with Crippen molar-refractivity contribution in [2.45, 2.75) is 70.7 Å². The first-order valence-electron chi connectivity index (χ1n) is 13.4. The van der Waals surface area contributed by atoms with Crippen molar-refractivity contribution in [2.75, 3.05) is 18.2 Å². The molecule has 0 spiro atoms. The van der Waals surface area contributed by atoms with E-state index in [0.717, 1.165) is 16.9 Å². The van der Waals surface area contributed by atoms with E-state index in [1.807, 2.05) is 74.5 Å². The van der Waals surface area contributed by atoms with E-state index in [0.29, 0.717) is 31.7 Å². The standard InChI is InChI=1S/C30H41N3O4S/c1-5-38-20-31-25(17-22-12-8-6-9-13-22)28(35)33-26(18-23-14-10-7-11-15-23)29(36)32-24(16-21(2)3)27(34)30(4)19-37-30/h6-15,21,24-26,31H,5,16-20H2,1-4H3,(H,32,36)(H,33,35)/t24?,25-,26-,30+/m0/s1. The summed E-state index contributed by atoms with van der Waals surface area (Å²) < 4.78 is 5.38. The maximum Gasteiger partial charge on any atom is 0.243 e. The minimum absolute atomic E-state index is 0.121. The second-order valence-electron chi connectivity index (χ2n) is 10.4. The van der Waals surface area contributed by atoms with E-state index in [9.17, 15) is 14.4 Å². The third-order valence-electron chi connectivity index (χ3n) is 6.59. The summed E-state index contributed by atoms with van der Waals surface area (Å²) in [5.41, 5.74) is 1.12. The van der Waals surface area contributed by atoms with Gasteiger partial charge < -0.3 is 15.4 Å². The van der Waals surface area contributed by atoms with Gasteiger partial charge in [-0.05, 0) is 42.6 Å². The zero-order valence-electron chi connectivity index (χ0n) is 22.9. The minimum Gasteiger partial charge on any atom is -0.361 e. The van der Waals surface area contributed by atoms with Gasteiger partial charge in [-0.2, -0.15) is 0 Å². The zero-order valence-corrected chi connectivity index (χ0v) is 23.7. The molecular formula is C30H41N3O4S. The molecule has 7 nitrogen and oxygen atoms in total. The largest absolute Gasteiger partial charge is 0.361 e. The third kappa shape index (κ3) is 9.26. The van der Waals surface area contributed by atoms with Crippen LogP contribution < -0.4 is 16.0 Å². The fourth-order valence-electron chi connectivity index (χ4n) is 4.29. The molecule has 0 radical (unpaired) electrons. The van der Waals surface area contributed by atoms with E-state index in [1.54, 1.807) is 18.7 Å². The summed E-state index contributed by atoms with van der Waals surface area (Å²) in [6, 6.07) is 17.4. The highest BCUT2D eigenvalue weighted by atomic mass is 32.2. The maximum atomic E-state index is 13.6. The molecule has 1 saturated heterocycles. The number of ketones is 1. The van der Waals surface area contributed by atoms with Gasteiger partial charge in [-0.15, -0.1) is 11.8 Å². The van der Waals surface area contributed by atoms with Gasteiger partial charge in [-0.3, -0.25) is 19.7 Å². The zero-order chi connectivity index (χ0) is 27.5. The molecule has 8 heteroatoms. The third-order valence-corrected chi connectivity index (χ3v) is 7.37. The number of hydrogen-bond acceptors (Lipinski definition) is 6. The summed E-state index contributed by atoms with van der Waals surface area (Å²) >= 11 is 1.70. The molecule has 1 heterocycles. The Morgan fingerprint density at radius 1 is 0.868 bits per heavy atom. The number of epoxide rings is 1. The van der Waals surface area contributed by atoms with E-state index in [-0.39, 0.29) is 23.5 Å². The fraction of sp³-hybridized carbons (Fsp3) is 0.500. The molecule has 0 aromatic heterocycles. The van der Waals surface area contributed by atoms with Gasteiger partial charge in [0.05, 0.1) is 18.7 Å². The van der Waals surface area contributed by atoms with Crippen LogP contribution in [0.2, 0.25) is 0 Å². The molecular weight excluding hydrogens is 498 g/mol. The average molecular weight is 540 g/mol. The summed E-state index contributed by atoms with van der Waals surface area (Å²) in [5, 5.41) is 9.29. The molecule has 0 saturated carbocycles. The molecule has 1 unspecified atom stereocenters. The molecule has 2 amide bonds. The lowest BCUT2D eigenvalue weighted by atomic mass is 9.93. The second-order valence-corrected chi connectivity index (χ2v) is 11.7. The number of nitrogens with one attached hydrogen (secondary N) is 3. The molecule has 1 aliphatic heterocycles. The van der Waals surface area contributed by atoms with Gasteiger partial charge in [0.25, 0.3) is 0 Å². The van der Waals surface area contributed by atoms with Crippen LogP contribution in [0.5, 0.6) is 0 Å². The van der Waals surface area contributed by atoms with Crippen molar-refractivity contribution >= 4 is 29.4 Å². The molecule has 1 fully saturated rings. The van der Waals surface area contributed by atoms with Gasteiger partial charge in [-0.25, -0.2) is 0 Å². The number of Topliss-reactive ketones (excluding diaryl/α,β-unsaturated/α-hetero) is 1. The molecule has 38 heavy (non-hydrogen) atoms. The maximum absolute atomic E-state index is 13.6. The molecule has 1 aliphatic rings. The summed E-state index contributed by atoms with van der Waals surface area (Å²) in [4.78, 5) is 40.3. The lowest BCUT2D eigenvalue weighted by Crippen LogP contribution is -2.57. The first-order chi connectivity index (χ1) is 18.2. The Kier molecular flexibility index (Phi) is 11.4. The highest BCUT2D eigenvalue weighted by Crippen LogP contribution is 2.29. The summed E-state index contributed by atoms with van der Waals surface area (Å²) in [5.74, 6) is 1.02. The van der Waals surface area contributed by atoms with Crippen LogP contribution in [0.4, 0.5) is 0 Å². The summed E-state index contributed by atoms with van der Waals surface area (Å²) in [6.45, 7) is 8.22. The van der Waals surface area contributed by atoms with Gasteiger partial charge >= 0.3 is 0 Å². The Balaban J connectivity index is 1.79. The van der Waals surface area contributed by atoms with Crippen molar-refractivity contribution in [2.24, 2.45) is 5.92 Å². The molecule has 4 atom stereocenters. The average Bonchev–Trinajstić information content (AvgIpc) is 3.66. The number of amides is 2. The highest BCUT2D eigenvalue weighted by Gasteiger charge is 2.50. The van der Waals surface area contributed by atoms with E-state index < -0.39 is 23.7 Å². The number of benzene rings is 2. The Labute approximate surface area is 230 Å². The molecule has 2 aromatic carbocycles. The molecule has 0 aliphatic carbocycles. The van der Waals surface area contributed by atoms with Crippen molar-refractivity contribution in [1.82, 2.24) is 16.0 Å². The Hall–Kier alpha value is -2.68. The number of hydrogen-bond donors (Lipinski definition) is 3. The molecule has 3 rings (SSSR count). The Bertz CT molecular complexity index is 1040. The Morgan fingerprint density at radius 3 is 1.87 bits per heavy atom. The van der Waals surface area contributed by atoms with E-state index in [2.05, 4.69) is 22.9 Å². The van der Waals surface area contributed by atoms with Crippen LogP contribution in [0, 0.1) is 5.92 Å². The number of thioether (sulfide) groups is 1. The Morgan fingerprint density at radius 2 is 1.37 bits per heavy atom. The predicted octanol–water partition coefficient (Wildman–Crippen LogP) is 3.51. The minimum atomic E-state index is -0.841. The van der Waals surface area contributed by atoms with E-state index in [1.165, 1.54) is 0 Å². The van der Waals surface area contributed by atoms with Crippen LogP contribution in [-0.2, 0) is 32.0 Å². The van der Waals surface area contributed by atoms with Crippen LogP contribution in [0.3, 0.4) is 0 Å². The highest BCUT2D eigenvalue weighted by molar-refractivity contribution is 7.99. The smallest absolute Gasteiger partial charge is 0.243 e. The number of ether oxygens (including phenoxy) is 1. The lowest BCUT2D eigenvalue weighted by Gasteiger charge is -2.27. The van der Waals surface area contributed by atoms with Crippen LogP contribution in [0.25, 0.3) is 0 Å². The van der Waals surface area contributed by atoms with Gasteiger partial charge in [0.2, 0.25) is 11.8 Å². The normalized spacial score (nSPS) is 18.9. The van der Waals surface area contributed by atoms with E-state index in [4.69, 9.17) is 4.74 Å². The van der Waals surface area contributed by atoms with Crippen molar-refractivity contribution in [3.63, 3.8) is 0 Å². The molecule has 206 valence electrons. The summed E-state index contributed by atoms with van der Waals surface area (Å²) in [6.07, 6.45) is 1.32. The van der Waals surface area contributed by atoms with Crippen LogP contribution >= 0.6 is 11.8 Å². The van der Waals surface area contributed by atoms with Crippen LogP contribution in [0.1, 0.15) is 45.2 Å². The second kappa shape index (κ2) is 14.5. The fourth-order valence-corrected chi connectivity index (χ4v) is 4.82. The number of carbonyl (C=O) groups is 3. The van der Waals surface area contributed by atoms with Crippen molar-refractivity contribution in [3.8, 4) is 0 Å². The first-order valence-corrected chi connectivity index (χ1v) is 14.5. The lowest BCUT2D eigenvalue weighted by molar-refractivity contribution is -0.133.